The largest absolute Gasteiger partial charge is 0.485 e. The molecule has 0 saturated heterocycles. The van der Waals surface area contributed by atoms with Crippen molar-refractivity contribution in [1.82, 2.24) is 5.32 Å². The number of aliphatic carboxylic acids is 1. The van der Waals surface area contributed by atoms with Gasteiger partial charge in [-0.1, -0.05) is 12.1 Å². The van der Waals surface area contributed by atoms with Gasteiger partial charge in [-0.3, -0.25) is 9.59 Å². The number of fused-ring (bicyclic) bond motifs is 1. The van der Waals surface area contributed by atoms with Gasteiger partial charge in [-0.25, -0.2) is 4.79 Å². The molecule has 2 amide bonds. The van der Waals surface area contributed by atoms with Crippen molar-refractivity contribution >= 4 is 17.8 Å². The third-order valence-electron chi connectivity index (χ3n) is 2.82. The smallest absolute Gasteiger partial charge is 0.326 e. The third kappa shape index (κ3) is 3.62. The summed E-state index contributed by atoms with van der Waals surface area (Å²) in [4.78, 5) is 33.7. The lowest BCUT2D eigenvalue weighted by Gasteiger charge is -2.26. The van der Waals surface area contributed by atoms with Gasteiger partial charge >= 0.3 is 5.97 Å². The molecule has 1 heterocycles. The predicted molar refractivity (Wildman–Crippen MR) is 69.7 cm³/mol. The predicted octanol–water partition coefficient (Wildman–Crippen LogP) is -0.729. The Morgan fingerprint density at radius 1 is 1.33 bits per heavy atom. The molecule has 1 unspecified atom stereocenters. The zero-order chi connectivity index (χ0) is 15.4. The molecule has 21 heavy (non-hydrogen) atoms. The first-order valence-electron chi connectivity index (χ1n) is 6.17. The van der Waals surface area contributed by atoms with Gasteiger partial charge in [0, 0.05) is 0 Å². The van der Waals surface area contributed by atoms with Crippen molar-refractivity contribution in [3.05, 3.63) is 24.3 Å². The highest BCUT2D eigenvalue weighted by atomic mass is 16.6. The minimum Gasteiger partial charge on any atom is -0.485 e. The standard InChI is InChI=1S/C13H14N2O6/c14-11(16)5-7(13(18)19)15-12(17)10-6-20-8-3-1-2-4-9(8)21-10/h1-4,7,10H,5-6H2,(H2,14,16)(H,15,17)(H,18,19)/t7-,10?/m0/s1. The van der Waals surface area contributed by atoms with Crippen LogP contribution in [0.15, 0.2) is 24.3 Å². The molecule has 0 bridgehead atoms. The average Bonchev–Trinajstić information content (AvgIpc) is 2.45. The molecule has 0 saturated carbocycles. The van der Waals surface area contributed by atoms with Gasteiger partial charge in [0.05, 0.1) is 6.42 Å². The highest BCUT2D eigenvalue weighted by Crippen LogP contribution is 2.30. The number of nitrogens with two attached hydrogens (primary N) is 1. The molecular formula is C13H14N2O6. The van der Waals surface area contributed by atoms with Crippen LogP contribution >= 0.6 is 0 Å². The third-order valence-corrected chi connectivity index (χ3v) is 2.82. The van der Waals surface area contributed by atoms with Crippen molar-refractivity contribution in [3.8, 4) is 11.5 Å². The molecule has 1 aromatic carbocycles. The van der Waals surface area contributed by atoms with E-state index in [4.69, 9.17) is 20.3 Å². The van der Waals surface area contributed by atoms with Crippen LogP contribution < -0.4 is 20.5 Å². The first-order valence-corrected chi connectivity index (χ1v) is 6.17. The minimum absolute atomic E-state index is 0.0498. The lowest BCUT2D eigenvalue weighted by Crippen LogP contribution is -2.51. The lowest BCUT2D eigenvalue weighted by molar-refractivity contribution is -0.145. The fraction of sp³-hybridized carbons (Fsp3) is 0.308. The summed E-state index contributed by atoms with van der Waals surface area (Å²) >= 11 is 0. The summed E-state index contributed by atoms with van der Waals surface area (Å²) in [5.41, 5.74) is 4.94. The highest BCUT2D eigenvalue weighted by molar-refractivity contribution is 5.90. The molecule has 8 nitrogen and oxygen atoms in total. The van der Waals surface area contributed by atoms with E-state index in [2.05, 4.69) is 5.32 Å². The van der Waals surface area contributed by atoms with Crippen molar-refractivity contribution in [2.75, 3.05) is 6.61 Å². The van der Waals surface area contributed by atoms with Crippen LogP contribution in [0.2, 0.25) is 0 Å². The Hall–Kier alpha value is -2.77. The summed E-state index contributed by atoms with van der Waals surface area (Å²) in [7, 11) is 0. The van der Waals surface area contributed by atoms with E-state index in [9.17, 15) is 14.4 Å². The van der Waals surface area contributed by atoms with Gasteiger partial charge in [-0.2, -0.15) is 0 Å². The zero-order valence-corrected chi connectivity index (χ0v) is 10.9. The van der Waals surface area contributed by atoms with Gasteiger partial charge in [0.1, 0.15) is 12.6 Å². The number of nitrogens with one attached hydrogen (secondary N) is 1. The lowest BCUT2D eigenvalue weighted by atomic mass is 10.2. The molecule has 2 atom stereocenters. The summed E-state index contributed by atoms with van der Waals surface area (Å²) in [6.07, 6.45) is -1.49. The molecule has 112 valence electrons. The number of hydrogen-bond acceptors (Lipinski definition) is 5. The maximum absolute atomic E-state index is 12.0. The van der Waals surface area contributed by atoms with Gasteiger partial charge in [-0.15, -0.1) is 0 Å². The van der Waals surface area contributed by atoms with Gasteiger partial charge in [-0.05, 0) is 12.1 Å². The van der Waals surface area contributed by atoms with Gasteiger partial charge in [0.25, 0.3) is 5.91 Å². The molecule has 0 aliphatic carbocycles. The van der Waals surface area contributed by atoms with Crippen molar-refractivity contribution in [2.24, 2.45) is 5.73 Å². The molecule has 1 aliphatic rings. The number of carbonyl (C=O) groups excluding carboxylic acids is 2. The Morgan fingerprint density at radius 3 is 2.62 bits per heavy atom. The Morgan fingerprint density at radius 2 is 2.00 bits per heavy atom. The molecular weight excluding hydrogens is 280 g/mol. The number of primary amides is 1. The van der Waals surface area contributed by atoms with Gasteiger partial charge in [0.2, 0.25) is 12.0 Å². The highest BCUT2D eigenvalue weighted by Gasteiger charge is 2.31. The maximum atomic E-state index is 12.0. The molecule has 4 N–H and O–H groups in total. The summed E-state index contributed by atoms with van der Waals surface area (Å²) < 4.78 is 10.8. The summed E-state index contributed by atoms with van der Waals surface area (Å²) in [5, 5.41) is 11.1. The molecule has 2 rings (SSSR count). The molecule has 1 aromatic rings. The SMILES string of the molecule is NC(=O)C[C@H](NC(=O)C1COc2ccccc2O1)C(=O)O. The number of carbonyl (C=O) groups is 3. The van der Waals surface area contributed by atoms with E-state index < -0.39 is 36.4 Å². The molecule has 8 heteroatoms. The van der Waals surface area contributed by atoms with Crippen LogP contribution in [0.5, 0.6) is 11.5 Å². The van der Waals surface area contributed by atoms with Crippen LogP contribution in [0.3, 0.4) is 0 Å². The van der Waals surface area contributed by atoms with Crippen LogP contribution in [0, 0.1) is 0 Å². The second-order valence-corrected chi connectivity index (χ2v) is 4.43. The molecule has 0 aromatic heterocycles. The normalized spacial score (nSPS) is 17.6. The monoisotopic (exact) mass is 294 g/mol. The van der Waals surface area contributed by atoms with Crippen LogP contribution in [-0.2, 0) is 14.4 Å². The number of ether oxygens (including phenoxy) is 2. The van der Waals surface area contributed by atoms with E-state index in [1.165, 1.54) is 0 Å². The topological polar surface area (TPSA) is 128 Å². The first kappa shape index (κ1) is 14.6. The minimum atomic E-state index is -1.39. The van der Waals surface area contributed by atoms with Crippen LogP contribution in [0.1, 0.15) is 6.42 Å². The molecule has 0 fully saturated rings. The number of carboxylic acid groups (broad SMARTS) is 1. The Labute approximate surface area is 119 Å². The summed E-state index contributed by atoms with van der Waals surface area (Å²) in [6, 6.07) is 5.41. The zero-order valence-electron chi connectivity index (χ0n) is 10.9. The summed E-state index contributed by atoms with van der Waals surface area (Å²) in [5.74, 6) is -1.95. The van der Waals surface area contributed by atoms with E-state index in [0.29, 0.717) is 11.5 Å². The van der Waals surface area contributed by atoms with E-state index in [1.54, 1.807) is 24.3 Å². The number of amides is 2. The first-order chi connectivity index (χ1) is 9.97. The Bertz CT molecular complexity index is 574. The quantitative estimate of drug-likeness (QED) is 0.657. The second kappa shape index (κ2) is 6.12. The molecule has 0 radical (unpaired) electrons. The summed E-state index contributed by atoms with van der Waals surface area (Å²) in [6.45, 7) is -0.0498. The fourth-order valence-corrected chi connectivity index (χ4v) is 1.81. The van der Waals surface area contributed by atoms with Crippen molar-refractivity contribution < 1.29 is 29.0 Å². The molecule has 0 spiro atoms. The van der Waals surface area contributed by atoms with Crippen LogP contribution in [0.4, 0.5) is 0 Å². The maximum Gasteiger partial charge on any atom is 0.326 e. The van der Waals surface area contributed by atoms with Crippen molar-refractivity contribution in [2.45, 2.75) is 18.6 Å². The fourth-order valence-electron chi connectivity index (χ4n) is 1.81. The number of rotatable bonds is 5. The average molecular weight is 294 g/mol. The van der Waals surface area contributed by atoms with Gasteiger partial charge in [0.15, 0.2) is 11.5 Å². The van der Waals surface area contributed by atoms with E-state index in [-0.39, 0.29) is 6.61 Å². The van der Waals surface area contributed by atoms with Crippen molar-refractivity contribution in [3.63, 3.8) is 0 Å². The van der Waals surface area contributed by atoms with Gasteiger partial charge < -0.3 is 25.6 Å². The number of hydrogen-bond donors (Lipinski definition) is 3. The number of carboxylic acids is 1. The molecule has 1 aliphatic heterocycles. The number of para-hydroxylation sites is 2. The van der Waals surface area contributed by atoms with E-state index >= 15 is 0 Å². The Kier molecular flexibility index (Phi) is 4.27. The number of benzene rings is 1. The van der Waals surface area contributed by atoms with Crippen LogP contribution in [0.25, 0.3) is 0 Å². The second-order valence-electron chi connectivity index (χ2n) is 4.43. The van der Waals surface area contributed by atoms with Crippen LogP contribution in [-0.4, -0.2) is 41.6 Å². The Balaban J connectivity index is 2.01. The van der Waals surface area contributed by atoms with Crippen molar-refractivity contribution in [1.29, 1.82) is 0 Å². The van der Waals surface area contributed by atoms with E-state index in [0.717, 1.165) is 0 Å². The van der Waals surface area contributed by atoms with E-state index in [1.807, 2.05) is 0 Å².